The fourth-order valence-electron chi connectivity index (χ4n) is 5.11. The van der Waals surface area contributed by atoms with Gasteiger partial charge in [0.25, 0.3) is 35.4 Å². The summed E-state index contributed by atoms with van der Waals surface area (Å²) < 4.78 is 20.7. The van der Waals surface area contributed by atoms with E-state index in [9.17, 15) is 62.3 Å². The molecule has 0 aromatic carbocycles. The lowest BCUT2D eigenvalue weighted by Gasteiger charge is -2.13. The van der Waals surface area contributed by atoms with Gasteiger partial charge in [-0.05, 0) is 26.7 Å². The third-order valence-electron chi connectivity index (χ3n) is 8.57. The highest BCUT2D eigenvalue weighted by Gasteiger charge is 2.25. The molecule has 0 saturated carbocycles. The minimum absolute atomic E-state index is 0.0255. The Hall–Kier alpha value is -6.63. The van der Waals surface area contributed by atoms with Crippen molar-refractivity contribution in [3.05, 3.63) is 36.5 Å². The number of hydrogen-bond acceptors (Lipinski definition) is 17. The van der Waals surface area contributed by atoms with Crippen molar-refractivity contribution >= 4 is 76.9 Å². The van der Waals surface area contributed by atoms with Crippen LogP contribution in [0.2, 0.25) is 0 Å². The molecule has 24 nitrogen and oxygen atoms in total. The van der Waals surface area contributed by atoms with Crippen LogP contribution in [0.25, 0.3) is 0 Å². The first-order valence-corrected chi connectivity index (χ1v) is 21.7. The summed E-state index contributed by atoms with van der Waals surface area (Å²) >= 11 is 0. The van der Waals surface area contributed by atoms with Gasteiger partial charge in [0, 0.05) is 108 Å². The van der Waals surface area contributed by atoms with Gasteiger partial charge in [0.05, 0.1) is 39.6 Å². The van der Waals surface area contributed by atoms with Crippen molar-refractivity contribution in [2.24, 2.45) is 11.7 Å². The number of ether oxygens (including phenoxy) is 4. The number of unbranched alkanes of at least 4 members (excludes halogenated alkanes) is 1. The van der Waals surface area contributed by atoms with Gasteiger partial charge < -0.3 is 45.4 Å². The number of ketones is 2. The smallest absolute Gasteiger partial charge is 0.253 e. The van der Waals surface area contributed by atoms with Gasteiger partial charge in [-0.2, -0.15) is 0 Å². The Kier molecular flexibility index (Phi) is 33.8. The molecule has 0 aromatic rings. The van der Waals surface area contributed by atoms with Crippen LogP contribution in [-0.2, 0) is 81.3 Å². The molecule has 0 saturated heterocycles. The number of carbonyl (C=O) groups is 13. The second-order valence-electron chi connectivity index (χ2n) is 14.7. The minimum atomic E-state index is -0.408. The first kappa shape index (κ1) is 61.4. The monoisotopic (exact) mass is 963 g/mol. The van der Waals surface area contributed by atoms with Gasteiger partial charge in [-0.25, -0.2) is 0 Å². The van der Waals surface area contributed by atoms with Crippen molar-refractivity contribution in [1.82, 2.24) is 30.7 Å². The molecule has 0 aliphatic carbocycles. The van der Waals surface area contributed by atoms with Crippen LogP contribution in [0.15, 0.2) is 36.5 Å². The zero-order chi connectivity index (χ0) is 51.3. The van der Waals surface area contributed by atoms with Gasteiger partial charge >= 0.3 is 0 Å². The molecule has 24 heteroatoms. The Morgan fingerprint density at radius 2 is 0.868 bits per heavy atom. The van der Waals surface area contributed by atoms with Gasteiger partial charge in [-0.15, -0.1) is 0 Å². The summed E-state index contributed by atoms with van der Waals surface area (Å²) in [4.78, 5) is 146. The Morgan fingerprint density at radius 3 is 1.24 bits per heavy atom. The fourth-order valence-corrected chi connectivity index (χ4v) is 5.11. The van der Waals surface area contributed by atoms with Gasteiger partial charge in [-0.3, -0.25) is 72.2 Å². The van der Waals surface area contributed by atoms with Crippen molar-refractivity contribution in [2.45, 2.75) is 66.2 Å². The summed E-state index contributed by atoms with van der Waals surface area (Å²) in [5.74, 6) is -3.36. The van der Waals surface area contributed by atoms with E-state index < -0.39 is 23.6 Å². The fraction of sp³-hybridized carbons (Fsp3) is 0.568. The van der Waals surface area contributed by atoms with E-state index in [0.29, 0.717) is 39.5 Å². The molecule has 0 spiro atoms. The molecule has 68 heavy (non-hydrogen) atoms. The van der Waals surface area contributed by atoms with Crippen LogP contribution in [0.1, 0.15) is 66.2 Å². The Bertz CT molecular complexity index is 1770. The number of nitrogens with two attached hydrogens (primary N) is 1. The molecule has 378 valence electrons. The summed E-state index contributed by atoms with van der Waals surface area (Å²) in [5.41, 5.74) is 4.47. The molecular formula is C44H65N7O17. The molecule has 3 rings (SSSR count). The molecule has 0 aromatic heterocycles. The second-order valence-corrected chi connectivity index (χ2v) is 14.7. The topological polar surface area (TPSA) is 331 Å². The van der Waals surface area contributed by atoms with E-state index in [4.69, 9.17) is 18.9 Å². The summed E-state index contributed by atoms with van der Waals surface area (Å²) in [6.45, 7) is 9.35. The molecule has 3 aliphatic rings. The van der Waals surface area contributed by atoms with Crippen LogP contribution in [0, 0.1) is 5.92 Å². The van der Waals surface area contributed by atoms with Gasteiger partial charge in [-0.1, -0.05) is 13.3 Å². The Labute approximate surface area is 394 Å². The standard InChI is InChI=1S/C20H31N3O7.C14H20N2O6.C8H9NO3.C2H5NO/c1-16(14-24)4-2-3-8-21-18(26)15-30-13-12-29-11-9-22-17(25)7-10-23-19(27)5-6-20(23)28;1-11(17)10-22-9-8-21-7-5-15-12(18)4-6-16-13(19)2-3-14(16)20;1-6(10)4-5-9-7(11)2-3-8(9)12;1-2(3)4/h5-6,14,16H,2-4,7-13,15H2,1H3,(H,21,26)(H,22,25);2-3H,4-10H2,1H3,(H,15,18);2-3H,4-5H2,1H3;1H3,(H2,3,4)/t16-;;;/m0.../s1. The molecular weight excluding hydrogens is 899 g/mol. The van der Waals surface area contributed by atoms with Crippen molar-refractivity contribution < 1.29 is 81.3 Å². The predicted molar refractivity (Wildman–Crippen MR) is 239 cm³/mol. The number of nitrogens with one attached hydrogen (secondary N) is 3. The summed E-state index contributed by atoms with van der Waals surface area (Å²) in [6.07, 6.45) is 10.9. The highest BCUT2D eigenvalue weighted by atomic mass is 16.5. The predicted octanol–water partition coefficient (Wildman–Crippen LogP) is -2.01. The largest absolute Gasteiger partial charge is 0.377 e. The third-order valence-corrected chi connectivity index (χ3v) is 8.57. The van der Waals surface area contributed by atoms with Crippen molar-refractivity contribution in [3.8, 4) is 0 Å². The average molecular weight is 964 g/mol. The minimum Gasteiger partial charge on any atom is -0.377 e. The maximum atomic E-state index is 11.7. The number of Topliss-reactive ketones (excluding diaryl/α,β-unsaturated/α-hetero) is 2. The zero-order valence-electron chi connectivity index (χ0n) is 39.1. The zero-order valence-corrected chi connectivity index (χ0v) is 39.1. The van der Waals surface area contributed by atoms with E-state index in [1.807, 2.05) is 6.92 Å². The molecule has 3 aliphatic heterocycles. The van der Waals surface area contributed by atoms with Crippen LogP contribution < -0.4 is 21.7 Å². The highest BCUT2D eigenvalue weighted by Crippen LogP contribution is 2.06. The number of rotatable bonds is 31. The molecule has 0 fully saturated rings. The van der Waals surface area contributed by atoms with Crippen LogP contribution in [0.4, 0.5) is 0 Å². The number of nitrogens with zero attached hydrogens (tertiary/aromatic N) is 3. The third kappa shape index (κ3) is 32.1. The number of carbonyl (C=O) groups excluding carboxylic acids is 13. The van der Waals surface area contributed by atoms with E-state index >= 15 is 0 Å². The lowest BCUT2D eigenvalue weighted by atomic mass is 10.1. The quantitative estimate of drug-likeness (QED) is 0.0331. The normalized spacial score (nSPS) is 13.9. The van der Waals surface area contributed by atoms with E-state index in [0.717, 1.165) is 40.2 Å². The van der Waals surface area contributed by atoms with Gasteiger partial charge in [0.15, 0.2) is 5.78 Å². The van der Waals surface area contributed by atoms with Crippen LogP contribution in [-0.4, -0.2) is 184 Å². The van der Waals surface area contributed by atoms with Gasteiger partial charge in [0.1, 0.15) is 25.3 Å². The van der Waals surface area contributed by atoms with E-state index in [2.05, 4.69) is 21.7 Å². The van der Waals surface area contributed by atoms with Crippen molar-refractivity contribution in [1.29, 1.82) is 0 Å². The van der Waals surface area contributed by atoms with E-state index in [-0.39, 0.29) is 125 Å². The lowest BCUT2D eigenvalue weighted by molar-refractivity contribution is -0.139. The lowest BCUT2D eigenvalue weighted by Crippen LogP contribution is -2.35. The van der Waals surface area contributed by atoms with E-state index in [1.54, 1.807) is 0 Å². The number of primary amides is 1. The van der Waals surface area contributed by atoms with Crippen LogP contribution in [0.3, 0.4) is 0 Å². The molecule has 3 heterocycles. The summed E-state index contributed by atoms with van der Waals surface area (Å²) in [7, 11) is 0. The number of imide groups is 3. The maximum Gasteiger partial charge on any atom is 0.253 e. The number of hydrogen-bond donors (Lipinski definition) is 4. The SMILES string of the molecule is CC(=O)CCN1C(=O)C=CC1=O.CC(=O)COCCOCCNC(=O)CCN1C(=O)C=CC1=O.CC(N)=O.C[C@H](C=O)CCCCNC(=O)COCCOCCNC(=O)CCN1C(=O)C=CC1=O. The Balaban J connectivity index is 0.00000102. The molecule has 1 atom stereocenters. The van der Waals surface area contributed by atoms with Crippen molar-refractivity contribution in [3.63, 3.8) is 0 Å². The Morgan fingerprint density at radius 1 is 0.515 bits per heavy atom. The molecule has 0 radical (unpaired) electrons. The summed E-state index contributed by atoms with van der Waals surface area (Å²) in [6, 6.07) is 0. The average Bonchev–Trinajstić information content (AvgIpc) is 3.91. The van der Waals surface area contributed by atoms with Gasteiger partial charge in [0.2, 0.25) is 23.6 Å². The van der Waals surface area contributed by atoms with Crippen molar-refractivity contribution in [2.75, 3.05) is 92.1 Å². The first-order chi connectivity index (χ1) is 32.3. The first-order valence-electron chi connectivity index (χ1n) is 21.7. The van der Waals surface area contributed by atoms with E-state index in [1.165, 1.54) is 57.2 Å². The second kappa shape index (κ2) is 37.5. The number of aldehydes is 1. The molecule has 10 amide bonds. The molecule has 0 bridgehead atoms. The molecule has 0 unspecified atom stereocenters. The highest BCUT2D eigenvalue weighted by molar-refractivity contribution is 6.14. The summed E-state index contributed by atoms with van der Waals surface area (Å²) in [5, 5.41) is 7.99. The van der Waals surface area contributed by atoms with Crippen LogP contribution in [0.5, 0.6) is 0 Å². The molecule has 5 N–H and O–H groups in total. The number of amides is 10. The van der Waals surface area contributed by atoms with Crippen LogP contribution >= 0.6 is 0 Å². The maximum absolute atomic E-state index is 11.7.